The second kappa shape index (κ2) is 19.5. The average Bonchev–Trinajstić information content (AvgIpc) is 3.81. The third-order valence-electron chi connectivity index (χ3n) is 18.9. The monoisotopic (exact) mass is 921 g/mol. The lowest BCUT2D eigenvalue weighted by Crippen LogP contribution is -2.67. The third-order valence-corrected chi connectivity index (χ3v) is 18.9. The summed E-state index contributed by atoms with van der Waals surface area (Å²) in [5, 5.41) is 23.1. The van der Waals surface area contributed by atoms with Gasteiger partial charge in [-0.05, 0) is 137 Å². The number of hydrogen-bond donors (Lipinski definition) is 2. The molecular weight excluding hydrogens is 825 g/mol. The minimum Gasteiger partial charge on any atom is -0.465 e. The first-order chi connectivity index (χ1) is 26.8. The van der Waals surface area contributed by atoms with Crippen LogP contribution >= 0.6 is 0 Å². The molecule has 13 atom stereocenters. The Balaban J connectivity index is 0.00000181. The van der Waals surface area contributed by atoms with Crippen LogP contribution in [-0.2, 0) is 42.9 Å². The second-order valence-electron chi connectivity index (χ2n) is 22.7. The van der Waals surface area contributed by atoms with Crippen molar-refractivity contribution in [1.29, 1.82) is 0 Å². The van der Waals surface area contributed by atoms with Gasteiger partial charge in [0.05, 0.1) is 47.4 Å². The first-order valence-corrected chi connectivity index (χ1v) is 22.6. The van der Waals surface area contributed by atoms with Crippen LogP contribution in [-0.4, -0.2) is 69.1 Å². The van der Waals surface area contributed by atoms with Crippen LogP contribution in [0.2, 0.25) is 0 Å². The quantitative estimate of drug-likeness (QED) is 0.115. The van der Waals surface area contributed by atoms with Gasteiger partial charge in [-0.3, -0.25) is 24.0 Å². The molecule has 0 spiro atoms. The molecule has 65 heavy (non-hydrogen) atoms. The highest BCUT2D eigenvalue weighted by atomic mass is 16.6. The number of rotatable bonds is 11. The SMILES string of the molecule is C.C.C.C.C.C.C.C.CC1C(=O)OC(=O)C1C(CC(CC1C(C)C2CC1C1COC(=O)C21)C(=O)OC(C)(C(C)C)C12CC3CC(CC(C3)C1)C2)C(=O)OC12CC3CC(O)(CC(O)(C3)C1)C2. The van der Waals surface area contributed by atoms with Crippen LogP contribution in [0.3, 0.4) is 0 Å². The predicted molar refractivity (Wildman–Crippen MR) is 256 cm³/mol. The molecule has 2 aliphatic heterocycles. The Labute approximate surface area is 395 Å². The molecule has 0 radical (unpaired) electrons. The van der Waals surface area contributed by atoms with Gasteiger partial charge in [0.2, 0.25) is 0 Å². The summed E-state index contributed by atoms with van der Waals surface area (Å²) in [5.74, 6) is -4.16. The van der Waals surface area contributed by atoms with Crippen molar-refractivity contribution in [1.82, 2.24) is 0 Å². The van der Waals surface area contributed by atoms with Crippen LogP contribution in [0.15, 0.2) is 0 Å². The first-order valence-electron chi connectivity index (χ1n) is 22.6. The van der Waals surface area contributed by atoms with Gasteiger partial charge >= 0.3 is 29.8 Å². The lowest BCUT2D eigenvalue weighted by molar-refractivity contribution is -0.263. The molecule has 10 saturated carbocycles. The molecule has 10 aliphatic carbocycles. The van der Waals surface area contributed by atoms with Gasteiger partial charge < -0.3 is 29.2 Å². The largest absolute Gasteiger partial charge is 0.465 e. The number of cyclic esters (lactones) is 3. The normalized spacial score (nSPS) is 44.3. The van der Waals surface area contributed by atoms with Crippen molar-refractivity contribution < 1.29 is 53.1 Å². The zero-order chi connectivity index (χ0) is 40.2. The van der Waals surface area contributed by atoms with Gasteiger partial charge in [0.25, 0.3) is 0 Å². The summed E-state index contributed by atoms with van der Waals surface area (Å²) >= 11 is 0. The molecule has 2 heterocycles. The molecule has 11 nitrogen and oxygen atoms in total. The Kier molecular flexibility index (Phi) is 17.5. The van der Waals surface area contributed by atoms with Crippen molar-refractivity contribution in [2.45, 2.75) is 213 Å². The van der Waals surface area contributed by atoms with Crippen molar-refractivity contribution in [3.05, 3.63) is 0 Å². The summed E-state index contributed by atoms with van der Waals surface area (Å²) in [6.45, 7) is 10.6. The summed E-state index contributed by atoms with van der Waals surface area (Å²) in [6, 6.07) is 0. The molecule has 10 bridgehead atoms. The maximum atomic E-state index is 15.3. The maximum absolute atomic E-state index is 15.3. The molecule has 378 valence electrons. The van der Waals surface area contributed by atoms with Crippen molar-refractivity contribution >= 4 is 29.8 Å². The van der Waals surface area contributed by atoms with Crippen LogP contribution < -0.4 is 0 Å². The van der Waals surface area contributed by atoms with E-state index < -0.39 is 64.0 Å². The third kappa shape index (κ3) is 8.99. The molecule has 0 aromatic carbocycles. The summed E-state index contributed by atoms with van der Waals surface area (Å²) in [5.41, 5.74) is -4.28. The average molecular weight is 921 g/mol. The predicted octanol–water partition coefficient (Wildman–Crippen LogP) is 11.0. The molecule has 11 heteroatoms. The van der Waals surface area contributed by atoms with E-state index >= 15 is 4.79 Å². The van der Waals surface area contributed by atoms with E-state index in [2.05, 4.69) is 27.7 Å². The summed E-state index contributed by atoms with van der Waals surface area (Å²) in [6.07, 6.45) is 10.5. The number of carbonyl (C=O) groups excluding carboxylic acids is 5. The van der Waals surface area contributed by atoms with Gasteiger partial charge in [-0.25, -0.2) is 0 Å². The molecule has 12 fully saturated rings. The number of carbonyl (C=O) groups is 5. The number of ether oxygens (including phenoxy) is 4. The molecule has 0 aromatic heterocycles. The first kappa shape index (κ1) is 58.6. The van der Waals surface area contributed by atoms with Crippen LogP contribution in [0.25, 0.3) is 0 Å². The minimum atomic E-state index is -1.18. The van der Waals surface area contributed by atoms with E-state index in [1.807, 2.05) is 0 Å². The van der Waals surface area contributed by atoms with E-state index in [9.17, 15) is 29.4 Å². The second-order valence-corrected chi connectivity index (χ2v) is 22.7. The minimum absolute atomic E-state index is 0. The van der Waals surface area contributed by atoms with Gasteiger partial charge in [-0.2, -0.15) is 0 Å². The van der Waals surface area contributed by atoms with Gasteiger partial charge in [0.15, 0.2) is 0 Å². The Morgan fingerprint density at radius 1 is 0.708 bits per heavy atom. The van der Waals surface area contributed by atoms with Crippen LogP contribution in [0.5, 0.6) is 0 Å². The highest BCUT2D eigenvalue weighted by Gasteiger charge is 2.67. The molecule has 0 aromatic rings. The van der Waals surface area contributed by atoms with E-state index in [1.165, 1.54) is 19.3 Å². The number of esters is 5. The fourth-order valence-electron chi connectivity index (χ4n) is 17.1. The van der Waals surface area contributed by atoms with E-state index in [4.69, 9.17) is 18.9 Å². The van der Waals surface area contributed by atoms with E-state index in [-0.39, 0.29) is 150 Å². The lowest BCUT2D eigenvalue weighted by atomic mass is 9.44. The van der Waals surface area contributed by atoms with Crippen LogP contribution in [0.1, 0.15) is 190 Å². The van der Waals surface area contributed by atoms with E-state index in [0.29, 0.717) is 50.0 Å². The molecular formula is C54H96O11. The zero-order valence-electron chi connectivity index (χ0n) is 34.5. The molecule has 12 rings (SSSR count). The van der Waals surface area contributed by atoms with Crippen molar-refractivity contribution in [3.8, 4) is 0 Å². The van der Waals surface area contributed by atoms with Crippen LogP contribution in [0, 0.1) is 94.2 Å². The van der Waals surface area contributed by atoms with E-state index in [1.54, 1.807) is 6.92 Å². The molecule has 12 aliphatic rings. The highest BCUT2D eigenvalue weighted by Crippen LogP contribution is 2.67. The Morgan fingerprint density at radius 2 is 1.26 bits per heavy atom. The smallest absolute Gasteiger partial charge is 0.318 e. The number of fused-ring (bicyclic) bond motifs is 5. The van der Waals surface area contributed by atoms with Gasteiger partial charge in [-0.1, -0.05) is 87.1 Å². The topological polar surface area (TPSA) is 163 Å². The molecule has 2 N–H and O–H groups in total. The Hall–Kier alpha value is -2.53. The fourth-order valence-corrected chi connectivity index (χ4v) is 17.1. The van der Waals surface area contributed by atoms with Gasteiger partial charge in [-0.15, -0.1) is 0 Å². The highest BCUT2D eigenvalue weighted by molar-refractivity contribution is 5.98. The van der Waals surface area contributed by atoms with E-state index in [0.717, 1.165) is 25.7 Å². The fraction of sp³-hybridized carbons (Fsp3) is 0.907. The number of hydrogen-bond acceptors (Lipinski definition) is 11. The Bertz CT molecular complexity index is 1700. The van der Waals surface area contributed by atoms with Crippen molar-refractivity contribution in [3.63, 3.8) is 0 Å². The van der Waals surface area contributed by atoms with Crippen molar-refractivity contribution in [2.75, 3.05) is 6.61 Å². The summed E-state index contributed by atoms with van der Waals surface area (Å²) in [4.78, 5) is 69.6. The molecule has 2 saturated heterocycles. The van der Waals surface area contributed by atoms with Crippen molar-refractivity contribution in [2.24, 2.45) is 94.2 Å². The molecule has 0 amide bonds. The van der Waals surface area contributed by atoms with Gasteiger partial charge in [0.1, 0.15) is 11.2 Å². The standard InChI is InChI=1S/C46H64O11.8CH4/c1-22(2)42(5,43-12-25-6-26(13-43)8-27(7-25)14-43)56-38(48)29(9-30-23(3)31-11-32(30)34-18-54-40(50)36(31)34)10-33(35-24(4)37(47)55-41(35)51)39(49)57-46-17-28-15-44(52,20-46)19-45(53,16-28)21-46;;;;;;;;/h22-36,52-53H,6-21H2,1-5H3;8*1H4. The Morgan fingerprint density at radius 3 is 1.75 bits per heavy atom. The summed E-state index contributed by atoms with van der Waals surface area (Å²) < 4.78 is 24.3. The molecule has 13 unspecified atom stereocenters. The maximum Gasteiger partial charge on any atom is 0.318 e. The zero-order valence-corrected chi connectivity index (χ0v) is 34.5. The number of aliphatic hydroxyl groups is 2. The van der Waals surface area contributed by atoms with Gasteiger partial charge in [0, 0.05) is 30.6 Å². The van der Waals surface area contributed by atoms with Crippen LogP contribution in [0.4, 0.5) is 0 Å². The summed E-state index contributed by atoms with van der Waals surface area (Å²) in [7, 11) is 0. The lowest BCUT2D eigenvalue weighted by Gasteiger charge is -2.63.